The number of hydrogen-bond donors (Lipinski definition) is 0. The molecule has 0 atom stereocenters. The molecule has 2 heterocycles. The van der Waals surface area contributed by atoms with E-state index in [4.69, 9.17) is 26.1 Å². The molecule has 0 spiro atoms. The highest BCUT2D eigenvalue weighted by molar-refractivity contribution is 6.31. The van der Waals surface area contributed by atoms with E-state index >= 15 is 0 Å². The van der Waals surface area contributed by atoms with Gasteiger partial charge in [0.1, 0.15) is 29.3 Å². The van der Waals surface area contributed by atoms with E-state index in [0.29, 0.717) is 34.4 Å². The van der Waals surface area contributed by atoms with E-state index in [1.807, 2.05) is 42.5 Å². The molecular weight excluding hydrogens is 362 g/mol. The number of rotatable bonds is 5. The smallest absolute Gasteiger partial charge is 0.178 e. The predicted octanol–water partition coefficient (Wildman–Crippen LogP) is 4.93. The van der Waals surface area contributed by atoms with Crippen LogP contribution < -0.4 is 9.47 Å². The van der Waals surface area contributed by atoms with Crippen LogP contribution in [0.3, 0.4) is 0 Å². The van der Waals surface area contributed by atoms with E-state index in [1.165, 1.54) is 0 Å². The molecule has 0 saturated heterocycles. The second kappa shape index (κ2) is 7.60. The molecule has 0 unspecified atom stereocenters. The summed E-state index contributed by atoms with van der Waals surface area (Å²) in [4.78, 5) is 13.2. The molecule has 2 aromatic heterocycles. The van der Waals surface area contributed by atoms with E-state index < -0.39 is 0 Å². The Morgan fingerprint density at radius 2 is 1.81 bits per heavy atom. The average molecular weight is 378 g/mol. The van der Waals surface area contributed by atoms with Crippen LogP contribution in [0.25, 0.3) is 22.4 Å². The van der Waals surface area contributed by atoms with E-state index in [-0.39, 0.29) is 0 Å². The first-order valence-corrected chi connectivity index (χ1v) is 8.74. The van der Waals surface area contributed by atoms with Crippen LogP contribution in [0.15, 0.2) is 67.0 Å². The van der Waals surface area contributed by atoms with Gasteiger partial charge in [0.2, 0.25) is 0 Å². The Balaban J connectivity index is 1.70. The Labute approximate surface area is 161 Å². The molecular formula is C21H16ClN3O2. The minimum Gasteiger partial charge on any atom is -0.497 e. The fourth-order valence-corrected chi connectivity index (χ4v) is 2.97. The first kappa shape index (κ1) is 17.2. The molecule has 4 aromatic rings. The van der Waals surface area contributed by atoms with Crippen molar-refractivity contribution in [3.8, 4) is 23.0 Å². The van der Waals surface area contributed by atoms with Crippen LogP contribution in [0.2, 0.25) is 5.02 Å². The van der Waals surface area contributed by atoms with Crippen molar-refractivity contribution in [3.05, 3.63) is 77.6 Å². The van der Waals surface area contributed by atoms with Crippen molar-refractivity contribution in [1.82, 2.24) is 15.0 Å². The maximum Gasteiger partial charge on any atom is 0.178 e. The van der Waals surface area contributed by atoms with Gasteiger partial charge in [0.15, 0.2) is 5.82 Å². The molecule has 5 nitrogen and oxygen atoms in total. The van der Waals surface area contributed by atoms with Gasteiger partial charge in [0.05, 0.1) is 7.11 Å². The van der Waals surface area contributed by atoms with Crippen molar-refractivity contribution in [2.24, 2.45) is 0 Å². The molecule has 0 aliphatic rings. The summed E-state index contributed by atoms with van der Waals surface area (Å²) < 4.78 is 11.3. The predicted molar refractivity (Wildman–Crippen MR) is 105 cm³/mol. The van der Waals surface area contributed by atoms with Crippen LogP contribution in [0.4, 0.5) is 0 Å². The van der Waals surface area contributed by atoms with Crippen molar-refractivity contribution >= 4 is 22.5 Å². The summed E-state index contributed by atoms with van der Waals surface area (Å²) in [6, 6.07) is 17.0. The average Bonchev–Trinajstić information content (AvgIpc) is 2.72. The van der Waals surface area contributed by atoms with Gasteiger partial charge in [0, 0.05) is 28.9 Å². The Kier molecular flexibility index (Phi) is 4.85. The van der Waals surface area contributed by atoms with E-state index in [0.717, 1.165) is 16.7 Å². The number of nitrogens with zero attached hydrogens (tertiary/aromatic N) is 3. The third-order valence-electron chi connectivity index (χ3n) is 4.05. The molecule has 0 saturated carbocycles. The van der Waals surface area contributed by atoms with Crippen LogP contribution in [-0.2, 0) is 6.61 Å². The Bertz CT molecular complexity index is 1090. The van der Waals surface area contributed by atoms with Gasteiger partial charge in [-0.05, 0) is 35.9 Å². The Morgan fingerprint density at radius 3 is 2.63 bits per heavy atom. The lowest BCUT2D eigenvalue weighted by Gasteiger charge is -2.11. The number of benzene rings is 2. The SMILES string of the molecule is COc1cccc(COc2cc(Cl)cc3ccc(-c4ncccn4)nc23)c1. The molecule has 27 heavy (non-hydrogen) atoms. The number of pyridine rings is 1. The highest BCUT2D eigenvalue weighted by Gasteiger charge is 2.10. The molecule has 0 N–H and O–H groups in total. The van der Waals surface area contributed by atoms with Crippen molar-refractivity contribution in [1.29, 1.82) is 0 Å². The van der Waals surface area contributed by atoms with Crippen LogP contribution in [0.5, 0.6) is 11.5 Å². The third-order valence-corrected chi connectivity index (χ3v) is 4.26. The summed E-state index contributed by atoms with van der Waals surface area (Å²) in [6.45, 7) is 0.375. The van der Waals surface area contributed by atoms with Crippen molar-refractivity contribution in [2.45, 2.75) is 6.61 Å². The zero-order valence-corrected chi connectivity index (χ0v) is 15.3. The van der Waals surface area contributed by atoms with E-state index in [2.05, 4.69) is 9.97 Å². The molecule has 0 radical (unpaired) electrons. The van der Waals surface area contributed by atoms with Gasteiger partial charge in [-0.25, -0.2) is 15.0 Å². The minimum atomic E-state index is 0.375. The van der Waals surface area contributed by atoms with E-state index in [9.17, 15) is 0 Å². The number of ether oxygens (including phenoxy) is 2. The monoisotopic (exact) mass is 377 g/mol. The maximum atomic E-state index is 6.26. The van der Waals surface area contributed by atoms with Gasteiger partial charge in [0.25, 0.3) is 0 Å². The number of fused-ring (bicyclic) bond motifs is 1. The van der Waals surface area contributed by atoms with Gasteiger partial charge in [-0.15, -0.1) is 0 Å². The lowest BCUT2D eigenvalue weighted by Crippen LogP contribution is -1.98. The molecule has 0 aliphatic heterocycles. The first-order valence-electron chi connectivity index (χ1n) is 8.36. The van der Waals surface area contributed by atoms with Crippen LogP contribution in [0, 0.1) is 0 Å². The van der Waals surface area contributed by atoms with Crippen molar-refractivity contribution in [2.75, 3.05) is 7.11 Å². The third kappa shape index (κ3) is 3.83. The molecule has 0 aliphatic carbocycles. The second-order valence-electron chi connectivity index (χ2n) is 5.88. The van der Waals surface area contributed by atoms with E-state index in [1.54, 1.807) is 31.6 Å². The molecule has 134 valence electrons. The molecule has 0 bridgehead atoms. The topological polar surface area (TPSA) is 57.1 Å². The molecule has 0 amide bonds. The first-order chi connectivity index (χ1) is 13.2. The number of halogens is 1. The number of hydrogen-bond acceptors (Lipinski definition) is 5. The zero-order chi connectivity index (χ0) is 18.6. The summed E-state index contributed by atoms with van der Waals surface area (Å²) in [6.07, 6.45) is 3.38. The van der Waals surface area contributed by atoms with Crippen LogP contribution in [-0.4, -0.2) is 22.1 Å². The quantitative estimate of drug-likeness (QED) is 0.493. The van der Waals surface area contributed by atoms with Crippen LogP contribution in [0.1, 0.15) is 5.56 Å². The highest BCUT2D eigenvalue weighted by atomic mass is 35.5. The summed E-state index contributed by atoms with van der Waals surface area (Å²) >= 11 is 6.26. The van der Waals surface area contributed by atoms with Crippen molar-refractivity contribution < 1.29 is 9.47 Å². The molecule has 2 aromatic carbocycles. The molecule has 4 rings (SSSR count). The highest BCUT2D eigenvalue weighted by Crippen LogP contribution is 2.31. The van der Waals surface area contributed by atoms with Gasteiger partial charge in [-0.3, -0.25) is 0 Å². The van der Waals surface area contributed by atoms with Crippen LogP contribution >= 0.6 is 11.6 Å². The Morgan fingerprint density at radius 1 is 0.963 bits per heavy atom. The summed E-state index contributed by atoms with van der Waals surface area (Å²) in [5.41, 5.74) is 2.38. The van der Waals surface area contributed by atoms with Gasteiger partial charge in [-0.2, -0.15) is 0 Å². The zero-order valence-electron chi connectivity index (χ0n) is 14.6. The van der Waals surface area contributed by atoms with Gasteiger partial charge >= 0.3 is 0 Å². The maximum absolute atomic E-state index is 6.26. The largest absolute Gasteiger partial charge is 0.497 e. The standard InChI is InChI=1S/C21H16ClN3O2/c1-26-17-5-2-4-14(10-17)13-27-19-12-16(22)11-15-6-7-18(25-20(15)19)21-23-8-3-9-24-21/h2-12H,13H2,1H3. The van der Waals surface area contributed by atoms with Gasteiger partial charge < -0.3 is 9.47 Å². The Hall–Kier alpha value is -3.18. The summed E-state index contributed by atoms with van der Waals surface area (Å²) in [5, 5.41) is 1.48. The minimum absolute atomic E-state index is 0.375. The fourth-order valence-electron chi connectivity index (χ4n) is 2.76. The lowest BCUT2D eigenvalue weighted by molar-refractivity contribution is 0.308. The summed E-state index contributed by atoms with van der Waals surface area (Å²) in [5.74, 6) is 1.96. The lowest BCUT2D eigenvalue weighted by atomic mass is 10.1. The normalized spacial score (nSPS) is 10.7. The fraction of sp³-hybridized carbons (Fsp3) is 0.0952. The number of methoxy groups -OCH3 is 1. The molecule has 0 fully saturated rings. The number of aromatic nitrogens is 3. The summed E-state index contributed by atoms with van der Waals surface area (Å²) in [7, 11) is 1.64. The van der Waals surface area contributed by atoms with Gasteiger partial charge in [-0.1, -0.05) is 29.8 Å². The molecule has 6 heteroatoms. The van der Waals surface area contributed by atoms with Crippen molar-refractivity contribution in [3.63, 3.8) is 0 Å². The second-order valence-corrected chi connectivity index (χ2v) is 6.32.